The summed E-state index contributed by atoms with van der Waals surface area (Å²) in [5.74, 6) is 0. The number of rotatable bonds is 1. The fourth-order valence-electron chi connectivity index (χ4n) is 2.18. The van der Waals surface area contributed by atoms with Crippen LogP contribution in [0, 0.1) is 6.92 Å². The summed E-state index contributed by atoms with van der Waals surface area (Å²) in [6.07, 6.45) is 0. The second kappa shape index (κ2) is 3.27. The first-order chi connectivity index (χ1) is 7.78. The number of H-pyrrole nitrogens is 1. The van der Waals surface area contributed by atoms with Crippen molar-refractivity contribution in [1.82, 2.24) is 4.98 Å². The Hall–Kier alpha value is -1.96. The van der Waals surface area contributed by atoms with Crippen LogP contribution in [-0.4, -0.2) is 12.0 Å². The number of fused-ring (bicyclic) bond motifs is 3. The van der Waals surface area contributed by atoms with Gasteiger partial charge in [-0.3, -0.25) is 0 Å². The van der Waals surface area contributed by atoms with Crippen LogP contribution in [0.5, 0.6) is 0 Å². The monoisotopic (exact) mass is 210 g/mol. The Balaban J connectivity index is 2.40. The van der Waals surface area contributed by atoms with Crippen molar-refractivity contribution in [2.75, 3.05) is 12.4 Å². The molecule has 0 saturated carbocycles. The van der Waals surface area contributed by atoms with E-state index < -0.39 is 0 Å². The smallest absolute Gasteiger partial charge is 0.0485 e. The van der Waals surface area contributed by atoms with Gasteiger partial charge >= 0.3 is 0 Å². The minimum Gasteiger partial charge on any atom is -0.388 e. The van der Waals surface area contributed by atoms with Crippen LogP contribution in [-0.2, 0) is 0 Å². The molecular weight excluding hydrogens is 196 g/mol. The van der Waals surface area contributed by atoms with Gasteiger partial charge in [-0.2, -0.15) is 0 Å². The summed E-state index contributed by atoms with van der Waals surface area (Å²) in [5, 5.41) is 5.74. The van der Waals surface area contributed by atoms with E-state index in [1.54, 1.807) is 0 Å². The average Bonchev–Trinajstić information content (AvgIpc) is 2.64. The number of aromatic amines is 1. The van der Waals surface area contributed by atoms with Crippen molar-refractivity contribution >= 4 is 27.5 Å². The summed E-state index contributed by atoms with van der Waals surface area (Å²) < 4.78 is 0. The number of benzene rings is 2. The minimum absolute atomic E-state index is 1.13. The van der Waals surface area contributed by atoms with Crippen LogP contribution in [0.2, 0.25) is 0 Å². The van der Waals surface area contributed by atoms with Crippen molar-refractivity contribution < 1.29 is 0 Å². The molecule has 3 aromatic rings. The van der Waals surface area contributed by atoms with Crippen LogP contribution < -0.4 is 5.32 Å². The number of hydrogen-bond donors (Lipinski definition) is 2. The Kier molecular flexibility index (Phi) is 1.90. The van der Waals surface area contributed by atoms with Crippen LogP contribution in [0.4, 0.5) is 5.69 Å². The molecule has 0 unspecified atom stereocenters. The molecular formula is C14H14N2. The van der Waals surface area contributed by atoms with Gasteiger partial charge in [0.1, 0.15) is 0 Å². The fraction of sp³-hybridized carbons (Fsp3) is 0.143. The predicted molar refractivity (Wildman–Crippen MR) is 70.1 cm³/mol. The first kappa shape index (κ1) is 9.28. The van der Waals surface area contributed by atoms with Crippen molar-refractivity contribution in [3.05, 3.63) is 42.0 Å². The number of hydrogen-bond acceptors (Lipinski definition) is 1. The van der Waals surface area contributed by atoms with Gasteiger partial charge in [0.15, 0.2) is 0 Å². The summed E-state index contributed by atoms with van der Waals surface area (Å²) >= 11 is 0. The zero-order valence-electron chi connectivity index (χ0n) is 9.46. The molecule has 0 amide bonds. The van der Waals surface area contributed by atoms with Crippen LogP contribution in [0.3, 0.4) is 0 Å². The molecule has 0 aliphatic heterocycles. The van der Waals surface area contributed by atoms with Gasteiger partial charge in [0, 0.05) is 34.5 Å². The first-order valence-corrected chi connectivity index (χ1v) is 5.48. The molecule has 2 aromatic carbocycles. The zero-order valence-corrected chi connectivity index (χ0v) is 9.46. The SMILES string of the molecule is CNc1ccc2c(c1)[nH]c1cc(C)ccc12. The highest BCUT2D eigenvalue weighted by Crippen LogP contribution is 2.27. The number of anilines is 1. The van der Waals surface area contributed by atoms with E-state index >= 15 is 0 Å². The molecule has 2 N–H and O–H groups in total. The van der Waals surface area contributed by atoms with E-state index in [0.717, 1.165) is 5.69 Å². The van der Waals surface area contributed by atoms with Crippen LogP contribution in [0.1, 0.15) is 5.56 Å². The average molecular weight is 210 g/mol. The van der Waals surface area contributed by atoms with Gasteiger partial charge < -0.3 is 10.3 Å². The lowest BCUT2D eigenvalue weighted by molar-refractivity contribution is 1.47. The first-order valence-electron chi connectivity index (χ1n) is 5.48. The summed E-state index contributed by atoms with van der Waals surface area (Å²) in [4.78, 5) is 3.45. The molecule has 1 heterocycles. The lowest BCUT2D eigenvalue weighted by Gasteiger charge is -1.98. The standard InChI is InChI=1S/C14H14N2/c1-9-3-5-11-12-6-4-10(15-2)8-14(12)16-13(11)7-9/h3-8,15-16H,1-2H3. The van der Waals surface area contributed by atoms with Gasteiger partial charge in [-0.1, -0.05) is 18.2 Å². The molecule has 0 spiro atoms. The fourth-order valence-corrected chi connectivity index (χ4v) is 2.18. The van der Waals surface area contributed by atoms with E-state index in [4.69, 9.17) is 0 Å². The van der Waals surface area contributed by atoms with Gasteiger partial charge in [0.25, 0.3) is 0 Å². The van der Waals surface area contributed by atoms with E-state index in [1.807, 2.05) is 7.05 Å². The Morgan fingerprint density at radius 1 is 0.938 bits per heavy atom. The Bertz CT molecular complexity index is 665. The van der Waals surface area contributed by atoms with Crippen molar-refractivity contribution in [2.24, 2.45) is 0 Å². The molecule has 0 aliphatic carbocycles. The summed E-state index contributed by atoms with van der Waals surface area (Å²) in [6, 6.07) is 12.9. The quantitative estimate of drug-likeness (QED) is 0.630. The Morgan fingerprint density at radius 3 is 2.38 bits per heavy atom. The maximum absolute atomic E-state index is 3.45. The van der Waals surface area contributed by atoms with Crippen molar-refractivity contribution in [3.63, 3.8) is 0 Å². The maximum Gasteiger partial charge on any atom is 0.0485 e. The molecule has 0 atom stereocenters. The number of nitrogens with one attached hydrogen (secondary N) is 2. The van der Waals surface area contributed by atoms with Gasteiger partial charge in [-0.15, -0.1) is 0 Å². The minimum atomic E-state index is 1.13. The normalized spacial score (nSPS) is 11.1. The van der Waals surface area contributed by atoms with Gasteiger partial charge in [-0.25, -0.2) is 0 Å². The molecule has 80 valence electrons. The van der Waals surface area contributed by atoms with E-state index in [0.29, 0.717) is 0 Å². The highest BCUT2D eigenvalue weighted by Gasteiger charge is 2.04. The third-order valence-electron chi connectivity index (χ3n) is 3.04. The van der Waals surface area contributed by atoms with Crippen LogP contribution in [0.15, 0.2) is 36.4 Å². The topological polar surface area (TPSA) is 27.8 Å². The zero-order chi connectivity index (χ0) is 11.1. The summed E-state index contributed by atoms with van der Waals surface area (Å²) in [7, 11) is 1.94. The van der Waals surface area contributed by atoms with Crippen LogP contribution >= 0.6 is 0 Å². The molecule has 0 aliphatic rings. The van der Waals surface area contributed by atoms with Gasteiger partial charge in [-0.05, 0) is 30.7 Å². The Labute approximate surface area is 94.3 Å². The predicted octanol–water partition coefficient (Wildman–Crippen LogP) is 3.67. The van der Waals surface area contributed by atoms with E-state index in [-0.39, 0.29) is 0 Å². The number of aryl methyl sites for hydroxylation is 1. The second-order valence-electron chi connectivity index (χ2n) is 4.18. The molecule has 0 saturated heterocycles. The van der Waals surface area contributed by atoms with Gasteiger partial charge in [0.2, 0.25) is 0 Å². The molecule has 0 radical (unpaired) electrons. The molecule has 2 nitrogen and oxygen atoms in total. The molecule has 1 aromatic heterocycles. The highest BCUT2D eigenvalue weighted by atomic mass is 14.8. The third kappa shape index (κ3) is 1.27. The van der Waals surface area contributed by atoms with E-state index in [1.165, 1.54) is 27.4 Å². The summed E-state index contributed by atoms with van der Waals surface area (Å²) in [5.41, 5.74) is 4.82. The third-order valence-corrected chi connectivity index (χ3v) is 3.04. The molecule has 0 bridgehead atoms. The molecule has 2 heteroatoms. The highest BCUT2D eigenvalue weighted by molar-refractivity contribution is 6.08. The number of aromatic nitrogens is 1. The molecule has 3 rings (SSSR count). The molecule has 0 fully saturated rings. The van der Waals surface area contributed by atoms with Gasteiger partial charge in [0.05, 0.1) is 0 Å². The van der Waals surface area contributed by atoms with Crippen LogP contribution in [0.25, 0.3) is 21.8 Å². The molecule has 16 heavy (non-hydrogen) atoms. The maximum atomic E-state index is 3.45. The van der Waals surface area contributed by atoms with E-state index in [9.17, 15) is 0 Å². The Morgan fingerprint density at radius 2 is 1.62 bits per heavy atom. The van der Waals surface area contributed by atoms with Crippen molar-refractivity contribution in [3.8, 4) is 0 Å². The largest absolute Gasteiger partial charge is 0.388 e. The lowest BCUT2D eigenvalue weighted by Crippen LogP contribution is -1.85. The second-order valence-corrected chi connectivity index (χ2v) is 4.18. The lowest BCUT2D eigenvalue weighted by atomic mass is 10.1. The van der Waals surface area contributed by atoms with Crippen molar-refractivity contribution in [2.45, 2.75) is 6.92 Å². The summed E-state index contributed by atoms with van der Waals surface area (Å²) in [6.45, 7) is 2.12. The van der Waals surface area contributed by atoms with Crippen molar-refractivity contribution in [1.29, 1.82) is 0 Å². The van der Waals surface area contributed by atoms with E-state index in [2.05, 4.69) is 53.6 Å².